The van der Waals surface area contributed by atoms with Crippen LogP contribution in [-0.4, -0.2) is 48.4 Å². The van der Waals surface area contributed by atoms with E-state index in [1.54, 1.807) is 4.90 Å². The van der Waals surface area contributed by atoms with Gasteiger partial charge in [0.2, 0.25) is 5.91 Å². The average molecular weight is 195 g/mol. The molecule has 0 saturated carbocycles. The molecule has 0 aliphatic carbocycles. The van der Waals surface area contributed by atoms with Gasteiger partial charge in [0.05, 0.1) is 18.7 Å². The van der Waals surface area contributed by atoms with Crippen LogP contribution in [0.4, 0.5) is 0 Å². The SMILES string of the molecule is CCCN(CC#N)C1CCN(C)C1=O. The number of nitrogens with zero attached hydrogens (tertiary/aromatic N) is 3. The first-order valence-electron chi connectivity index (χ1n) is 5.06. The zero-order chi connectivity index (χ0) is 10.6. The van der Waals surface area contributed by atoms with Crippen LogP contribution < -0.4 is 0 Å². The molecule has 14 heavy (non-hydrogen) atoms. The molecule has 0 spiro atoms. The van der Waals surface area contributed by atoms with E-state index in [4.69, 9.17) is 5.26 Å². The standard InChI is InChI=1S/C10H17N3O/c1-3-6-13(8-5-11)9-4-7-12(2)10(9)14/h9H,3-4,6-8H2,1-2H3. The van der Waals surface area contributed by atoms with Crippen molar-refractivity contribution in [1.29, 1.82) is 5.26 Å². The van der Waals surface area contributed by atoms with Gasteiger partial charge in [0.15, 0.2) is 0 Å². The highest BCUT2D eigenvalue weighted by molar-refractivity contribution is 5.83. The van der Waals surface area contributed by atoms with E-state index >= 15 is 0 Å². The Balaban J connectivity index is 2.60. The lowest BCUT2D eigenvalue weighted by atomic mass is 10.2. The molecule has 78 valence electrons. The summed E-state index contributed by atoms with van der Waals surface area (Å²) >= 11 is 0. The summed E-state index contributed by atoms with van der Waals surface area (Å²) in [6.07, 6.45) is 1.84. The maximum Gasteiger partial charge on any atom is 0.239 e. The quantitative estimate of drug-likeness (QED) is 0.612. The van der Waals surface area contributed by atoms with Gasteiger partial charge < -0.3 is 4.90 Å². The number of carbonyl (C=O) groups is 1. The van der Waals surface area contributed by atoms with E-state index < -0.39 is 0 Å². The predicted molar refractivity (Wildman–Crippen MR) is 53.5 cm³/mol. The van der Waals surface area contributed by atoms with E-state index in [2.05, 4.69) is 13.0 Å². The molecule has 1 unspecified atom stereocenters. The summed E-state index contributed by atoms with van der Waals surface area (Å²) in [5, 5.41) is 8.66. The van der Waals surface area contributed by atoms with Crippen molar-refractivity contribution in [2.75, 3.05) is 26.7 Å². The molecule has 1 amide bonds. The van der Waals surface area contributed by atoms with Crippen molar-refractivity contribution in [2.45, 2.75) is 25.8 Å². The van der Waals surface area contributed by atoms with Crippen LogP contribution in [0.3, 0.4) is 0 Å². The Morgan fingerprint density at radius 1 is 1.71 bits per heavy atom. The highest BCUT2D eigenvalue weighted by Crippen LogP contribution is 2.15. The van der Waals surface area contributed by atoms with E-state index in [0.29, 0.717) is 6.54 Å². The second-order valence-corrected chi connectivity index (χ2v) is 3.69. The Morgan fingerprint density at radius 3 is 2.86 bits per heavy atom. The smallest absolute Gasteiger partial charge is 0.239 e. The van der Waals surface area contributed by atoms with Crippen molar-refractivity contribution in [3.8, 4) is 6.07 Å². The molecule has 1 aliphatic rings. The van der Waals surface area contributed by atoms with Crippen molar-refractivity contribution < 1.29 is 4.79 Å². The number of carbonyl (C=O) groups excluding carboxylic acids is 1. The van der Waals surface area contributed by atoms with Crippen molar-refractivity contribution >= 4 is 5.91 Å². The van der Waals surface area contributed by atoms with Gasteiger partial charge in [-0.3, -0.25) is 9.69 Å². The summed E-state index contributed by atoms with van der Waals surface area (Å²) in [5.74, 6) is 0.161. The Labute approximate surface area is 85.1 Å². The number of amides is 1. The molecule has 1 rings (SSSR count). The van der Waals surface area contributed by atoms with Crippen LogP contribution in [-0.2, 0) is 4.79 Å². The number of hydrogen-bond donors (Lipinski definition) is 0. The Bertz CT molecular complexity index is 246. The lowest BCUT2D eigenvalue weighted by Crippen LogP contribution is -2.41. The Hall–Kier alpha value is -1.08. The Kier molecular flexibility index (Phi) is 3.90. The minimum atomic E-state index is -0.0559. The molecular weight excluding hydrogens is 178 g/mol. The third-order valence-electron chi connectivity index (χ3n) is 2.62. The summed E-state index contributed by atoms with van der Waals surface area (Å²) in [4.78, 5) is 15.4. The van der Waals surface area contributed by atoms with Crippen LogP contribution >= 0.6 is 0 Å². The monoisotopic (exact) mass is 195 g/mol. The topological polar surface area (TPSA) is 47.3 Å². The fourth-order valence-corrected chi connectivity index (χ4v) is 1.87. The van der Waals surface area contributed by atoms with E-state index in [0.717, 1.165) is 25.9 Å². The summed E-state index contributed by atoms with van der Waals surface area (Å²) in [5.41, 5.74) is 0. The van der Waals surface area contributed by atoms with Gasteiger partial charge in [0, 0.05) is 13.6 Å². The molecule has 1 aliphatic heterocycles. The molecular formula is C10H17N3O. The van der Waals surface area contributed by atoms with Gasteiger partial charge in [-0.05, 0) is 19.4 Å². The lowest BCUT2D eigenvalue weighted by Gasteiger charge is -2.24. The number of hydrogen-bond acceptors (Lipinski definition) is 3. The molecule has 0 aromatic rings. The molecule has 0 bridgehead atoms. The first-order valence-corrected chi connectivity index (χ1v) is 5.06. The van der Waals surface area contributed by atoms with Crippen LogP contribution in [0, 0.1) is 11.3 Å². The van der Waals surface area contributed by atoms with Crippen LogP contribution in [0.2, 0.25) is 0 Å². The Morgan fingerprint density at radius 2 is 2.43 bits per heavy atom. The largest absolute Gasteiger partial charge is 0.344 e. The molecule has 1 heterocycles. The molecule has 1 saturated heterocycles. The van der Waals surface area contributed by atoms with Crippen molar-refractivity contribution in [1.82, 2.24) is 9.80 Å². The molecule has 0 aromatic heterocycles. The second kappa shape index (κ2) is 4.97. The van der Waals surface area contributed by atoms with Gasteiger partial charge in [-0.1, -0.05) is 6.92 Å². The summed E-state index contributed by atoms with van der Waals surface area (Å²) < 4.78 is 0. The van der Waals surface area contributed by atoms with Gasteiger partial charge in [0.1, 0.15) is 0 Å². The molecule has 4 nitrogen and oxygen atoms in total. The van der Waals surface area contributed by atoms with E-state index in [1.165, 1.54) is 0 Å². The summed E-state index contributed by atoms with van der Waals surface area (Å²) in [6.45, 7) is 4.07. The third-order valence-corrected chi connectivity index (χ3v) is 2.62. The van der Waals surface area contributed by atoms with Crippen LogP contribution in [0.15, 0.2) is 0 Å². The zero-order valence-corrected chi connectivity index (χ0v) is 8.86. The maximum atomic E-state index is 11.7. The molecule has 0 N–H and O–H groups in total. The number of likely N-dealkylation sites (N-methyl/N-ethyl adjacent to an activating group) is 1. The highest BCUT2D eigenvalue weighted by atomic mass is 16.2. The minimum Gasteiger partial charge on any atom is -0.344 e. The van der Waals surface area contributed by atoms with Crippen LogP contribution in [0.25, 0.3) is 0 Å². The summed E-state index contributed by atoms with van der Waals surface area (Å²) in [6, 6.07) is 2.06. The first kappa shape index (κ1) is 11.0. The average Bonchev–Trinajstić information content (AvgIpc) is 2.48. The van der Waals surface area contributed by atoms with Gasteiger partial charge in [-0.15, -0.1) is 0 Å². The number of rotatable bonds is 4. The molecule has 0 radical (unpaired) electrons. The third kappa shape index (κ3) is 2.24. The van der Waals surface area contributed by atoms with Gasteiger partial charge in [-0.25, -0.2) is 0 Å². The van der Waals surface area contributed by atoms with E-state index in [1.807, 2.05) is 11.9 Å². The summed E-state index contributed by atoms with van der Waals surface area (Å²) in [7, 11) is 1.82. The fourth-order valence-electron chi connectivity index (χ4n) is 1.87. The van der Waals surface area contributed by atoms with Crippen molar-refractivity contribution in [2.24, 2.45) is 0 Å². The normalized spacial score (nSPS) is 21.7. The highest BCUT2D eigenvalue weighted by Gasteiger charge is 2.33. The number of likely N-dealkylation sites (tertiary alicyclic amines) is 1. The molecule has 4 heteroatoms. The van der Waals surface area contributed by atoms with Gasteiger partial charge in [0.25, 0.3) is 0 Å². The van der Waals surface area contributed by atoms with Gasteiger partial charge >= 0.3 is 0 Å². The fraction of sp³-hybridized carbons (Fsp3) is 0.800. The minimum absolute atomic E-state index is 0.0559. The van der Waals surface area contributed by atoms with Crippen molar-refractivity contribution in [3.63, 3.8) is 0 Å². The maximum absolute atomic E-state index is 11.7. The predicted octanol–water partition coefficient (Wildman–Crippen LogP) is 0.453. The van der Waals surface area contributed by atoms with Crippen LogP contribution in [0.1, 0.15) is 19.8 Å². The first-order chi connectivity index (χ1) is 6.70. The zero-order valence-electron chi connectivity index (χ0n) is 8.86. The van der Waals surface area contributed by atoms with Crippen molar-refractivity contribution in [3.05, 3.63) is 0 Å². The second-order valence-electron chi connectivity index (χ2n) is 3.69. The van der Waals surface area contributed by atoms with Crippen LogP contribution in [0.5, 0.6) is 0 Å². The van der Waals surface area contributed by atoms with E-state index in [-0.39, 0.29) is 11.9 Å². The molecule has 0 aromatic carbocycles. The lowest BCUT2D eigenvalue weighted by molar-refractivity contribution is -0.130. The van der Waals surface area contributed by atoms with E-state index in [9.17, 15) is 4.79 Å². The molecule has 1 fully saturated rings. The number of nitriles is 1. The molecule has 1 atom stereocenters. The van der Waals surface area contributed by atoms with Gasteiger partial charge in [-0.2, -0.15) is 5.26 Å².